The van der Waals surface area contributed by atoms with Crippen LogP contribution in [0.3, 0.4) is 0 Å². The Bertz CT molecular complexity index is 1210. The van der Waals surface area contributed by atoms with Crippen LogP contribution in [0.2, 0.25) is 10.0 Å². The maximum Gasteiger partial charge on any atom is 0.262 e. The third-order valence-corrected chi connectivity index (χ3v) is 7.88. The van der Waals surface area contributed by atoms with Crippen molar-refractivity contribution >= 4 is 69.2 Å². The molecule has 1 aromatic heterocycles. The fraction of sp³-hybridized carbons (Fsp3) is 0.261. The highest BCUT2D eigenvalue weighted by molar-refractivity contribution is 8.00. The van der Waals surface area contributed by atoms with Crippen LogP contribution in [0.15, 0.2) is 46.8 Å². The van der Waals surface area contributed by atoms with Crippen LogP contribution in [0, 0.1) is 5.92 Å². The number of carbonyl (C=O) groups excluding carboxylic acids is 3. The molecule has 176 valence electrons. The van der Waals surface area contributed by atoms with Gasteiger partial charge in [0.25, 0.3) is 11.8 Å². The van der Waals surface area contributed by atoms with Gasteiger partial charge in [-0.1, -0.05) is 78.3 Å². The van der Waals surface area contributed by atoms with E-state index in [4.69, 9.17) is 23.2 Å². The molecule has 0 fully saturated rings. The monoisotopic (exact) mass is 534 g/mol. The highest BCUT2D eigenvalue weighted by Crippen LogP contribution is 2.34. The summed E-state index contributed by atoms with van der Waals surface area (Å²) in [5, 5.41) is 12.3. The molecule has 1 N–H and O–H groups in total. The topological polar surface area (TPSA) is 92.3 Å². The van der Waals surface area contributed by atoms with E-state index in [1.807, 2.05) is 13.8 Å². The number of nitrogens with one attached hydrogen (secondary N) is 1. The van der Waals surface area contributed by atoms with E-state index in [0.717, 1.165) is 10.5 Å². The van der Waals surface area contributed by atoms with Crippen molar-refractivity contribution in [3.05, 3.63) is 69.2 Å². The molecule has 1 aliphatic heterocycles. The Labute approximate surface area is 214 Å². The van der Waals surface area contributed by atoms with Crippen LogP contribution < -0.4 is 5.32 Å². The summed E-state index contributed by atoms with van der Waals surface area (Å²) < 4.78 is 0.618. The molecular weight excluding hydrogens is 515 g/mol. The SMILES string of the molecule is CC(C)CC(C(=O)Nc1nnc(SCc2c(Cl)cccc2Cl)s1)N1C(=O)c2ccccc2C1=O. The zero-order valence-corrected chi connectivity index (χ0v) is 21.4. The third-order valence-electron chi connectivity index (χ3n) is 5.17. The summed E-state index contributed by atoms with van der Waals surface area (Å²) in [6.45, 7) is 3.86. The minimum Gasteiger partial charge on any atom is -0.299 e. The summed E-state index contributed by atoms with van der Waals surface area (Å²) in [6.07, 6.45) is 0.322. The fourth-order valence-corrected chi connectivity index (χ4v) is 6.08. The lowest BCUT2D eigenvalue weighted by molar-refractivity contribution is -0.120. The van der Waals surface area contributed by atoms with Gasteiger partial charge in [-0.3, -0.25) is 24.6 Å². The van der Waals surface area contributed by atoms with Gasteiger partial charge >= 0.3 is 0 Å². The number of carbonyl (C=O) groups is 3. The highest BCUT2D eigenvalue weighted by Gasteiger charge is 2.43. The second kappa shape index (κ2) is 10.4. The molecule has 1 aliphatic rings. The van der Waals surface area contributed by atoms with Gasteiger partial charge in [-0.2, -0.15) is 0 Å². The number of aromatic nitrogens is 2. The van der Waals surface area contributed by atoms with Crippen LogP contribution in [-0.2, 0) is 10.5 Å². The number of hydrogen-bond donors (Lipinski definition) is 1. The summed E-state index contributed by atoms with van der Waals surface area (Å²) in [5.41, 5.74) is 1.41. The Balaban J connectivity index is 1.48. The van der Waals surface area contributed by atoms with Crippen molar-refractivity contribution in [2.24, 2.45) is 5.92 Å². The maximum atomic E-state index is 13.2. The number of amides is 3. The van der Waals surface area contributed by atoms with Crippen molar-refractivity contribution < 1.29 is 14.4 Å². The van der Waals surface area contributed by atoms with Crippen molar-refractivity contribution in [1.82, 2.24) is 15.1 Å². The van der Waals surface area contributed by atoms with Gasteiger partial charge in [-0.25, -0.2) is 0 Å². The predicted octanol–water partition coefficient (Wildman–Crippen LogP) is 5.79. The molecule has 3 amide bonds. The molecule has 0 saturated carbocycles. The van der Waals surface area contributed by atoms with Crippen LogP contribution in [0.25, 0.3) is 0 Å². The molecular formula is C23H20Cl2N4O3S2. The summed E-state index contributed by atoms with van der Waals surface area (Å²) in [6, 6.07) is 10.9. The lowest BCUT2D eigenvalue weighted by Gasteiger charge is -2.26. The molecule has 0 aliphatic carbocycles. The van der Waals surface area contributed by atoms with Crippen LogP contribution in [0.1, 0.15) is 46.5 Å². The average molecular weight is 535 g/mol. The van der Waals surface area contributed by atoms with Gasteiger partial charge in [-0.05, 0) is 42.2 Å². The Morgan fingerprint density at radius 3 is 2.24 bits per heavy atom. The normalized spacial score (nSPS) is 14.0. The molecule has 7 nitrogen and oxygen atoms in total. The van der Waals surface area contributed by atoms with Crippen LogP contribution in [0.4, 0.5) is 5.13 Å². The average Bonchev–Trinajstić information content (AvgIpc) is 3.34. The zero-order chi connectivity index (χ0) is 24.4. The number of fused-ring (bicyclic) bond motifs is 1. The van der Waals surface area contributed by atoms with Crippen LogP contribution in [-0.4, -0.2) is 38.9 Å². The Hall–Kier alpha value is -2.46. The highest BCUT2D eigenvalue weighted by atomic mass is 35.5. The van der Waals surface area contributed by atoms with Crippen LogP contribution in [0.5, 0.6) is 0 Å². The van der Waals surface area contributed by atoms with E-state index >= 15 is 0 Å². The van der Waals surface area contributed by atoms with Gasteiger partial charge in [0, 0.05) is 15.8 Å². The van der Waals surface area contributed by atoms with E-state index in [1.54, 1.807) is 42.5 Å². The molecule has 11 heteroatoms. The lowest BCUT2D eigenvalue weighted by atomic mass is 10.0. The number of rotatable bonds is 8. The van der Waals surface area contributed by atoms with Crippen molar-refractivity contribution in [2.75, 3.05) is 5.32 Å². The number of hydrogen-bond acceptors (Lipinski definition) is 7. The van der Waals surface area contributed by atoms with Gasteiger partial charge < -0.3 is 0 Å². The molecule has 0 radical (unpaired) electrons. The first kappa shape index (κ1) is 24.7. The number of thioether (sulfide) groups is 1. The largest absolute Gasteiger partial charge is 0.299 e. The Morgan fingerprint density at radius 1 is 1.03 bits per heavy atom. The summed E-state index contributed by atoms with van der Waals surface area (Å²) >= 11 is 15.0. The molecule has 0 bridgehead atoms. The molecule has 0 spiro atoms. The van der Waals surface area contributed by atoms with Gasteiger partial charge in [-0.15, -0.1) is 10.2 Å². The van der Waals surface area contributed by atoms with E-state index in [1.165, 1.54) is 23.1 Å². The van der Waals surface area contributed by atoms with E-state index in [2.05, 4.69) is 15.5 Å². The number of anilines is 1. The minimum absolute atomic E-state index is 0.0703. The molecule has 34 heavy (non-hydrogen) atoms. The molecule has 1 atom stereocenters. The van der Waals surface area contributed by atoms with E-state index in [9.17, 15) is 14.4 Å². The standard InChI is InChI=1S/C23H20Cl2N4O3S2/c1-12(2)10-18(29-20(31)13-6-3-4-7-14(13)21(29)32)19(30)26-22-27-28-23(34-22)33-11-15-16(24)8-5-9-17(15)25/h3-9,12,18H,10-11H2,1-2H3,(H,26,27,30). The zero-order valence-electron chi connectivity index (χ0n) is 18.2. The number of imide groups is 1. The van der Waals surface area contributed by atoms with Crippen molar-refractivity contribution in [3.63, 3.8) is 0 Å². The van der Waals surface area contributed by atoms with E-state index in [-0.39, 0.29) is 11.0 Å². The second-order valence-corrected chi connectivity index (χ2v) is 11.0. The number of halogens is 2. The predicted molar refractivity (Wildman–Crippen MR) is 135 cm³/mol. The Kier molecular flexibility index (Phi) is 7.57. The lowest BCUT2D eigenvalue weighted by Crippen LogP contribution is -2.47. The quantitative estimate of drug-likeness (QED) is 0.223. The number of benzene rings is 2. The first-order chi connectivity index (χ1) is 16.3. The van der Waals surface area contributed by atoms with E-state index in [0.29, 0.717) is 37.7 Å². The van der Waals surface area contributed by atoms with Crippen LogP contribution >= 0.6 is 46.3 Å². The molecule has 2 aromatic carbocycles. The first-order valence-electron chi connectivity index (χ1n) is 10.4. The molecule has 1 unspecified atom stereocenters. The first-order valence-corrected chi connectivity index (χ1v) is 13.0. The number of nitrogens with zero attached hydrogens (tertiary/aromatic N) is 3. The van der Waals surface area contributed by atoms with Gasteiger partial charge in [0.15, 0.2) is 4.34 Å². The summed E-state index contributed by atoms with van der Waals surface area (Å²) in [4.78, 5) is 40.1. The summed E-state index contributed by atoms with van der Waals surface area (Å²) in [5.74, 6) is -0.851. The fourth-order valence-electron chi connectivity index (χ4n) is 3.58. The van der Waals surface area contributed by atoms with E-state index < -0.39 is 23.8 Å². The third kappa shape index (κ3) is 5.12. The molecule has 3 aromatic rings. The molecule has 0 saturated heterocycles. The molecule has 2 heterocycles. The van der Waals surface area contributed by atoms with Gasteiger partial charge in [0.2, 0.25) is 11.0 Å². The van der Waals surface area contributed by atoms with Gasteiger partial charge in [0.1, 0.15) is 6.04 Å². The van der Waals surface area contributed by atoms with Crippen molar-refractivity contribution in [1.29, 1.82) is 0 Å². The summed E-state index contributed by atoms with van der Waals surface area (Å²) in [7, 11) is 0. The maximum absolute atomic E-state index is 13.2. The second-order valence-electron chi connectivity index (χ2n) is 8.02. The smallest absolute Gasteiger partial charge is 0.262 e. The molecule has 4 rings (SSSR count). The van der Waals surface area contributed by atoms with Crippen molar-refractivity contribution in [2.45, 2.75) is 36.4 Å². The Morgan fingerprint density at radius 2 is 1.65 bits per heavy atom. The van der Waals surface area contributed by atoms with Gasteiger partial charge in [0.05, 0.1) is 11.1 Å². The van der Waals surface area contributed by atoms with Crippen molar-refractivity contribution in [3.8, 4) is 0 Å². The minimum atomic E-state index is -0.964.